The molecule has 138 valence electrons. The number of anilines is 1. The minimum atomic E-state index is -0.347. The zero-order valence-corrected chi connectivity index (χ0v) is 15.9. The van der Waals surface area contributed by atoms with Crippen molar-refractivity contribution in [2.45, 2.75) is 6.92 Å². The Morgan fingerprint density at radius 3 is 2.23 bits per heavy atom. The van der Waals surface area contributed by atoms with E-state index in [9.17, 15) is 9.59 Å². The van der Waals surface area contributed by atoms with Crippen LogP contribution in [0.25, 0.3) is 0 Å². The molecule has 0 spiro atoms. The number of carbonyl (C=O) groups excluding carboxylic acids is 2. The number of methoxy groups -OCH3 is 2. The van der Waals surface area contributed by atoms with Crippen molar-refractivity contribution in [1.29, 1.82) is 0 Å². The van der Waals surface area contributed by atoms with Gasteiger partial charge in [-0.1, -0.05) is 23.7 Å². The predicted molar refractivity (Wildman–Crippen MR) is 101 cm³/mol. The lowest BCUT2D eigenvalue weighted by Gasteiger charge is -2.19. The van der Waals surface area contributed by atoms with E-state index < -0.39 is 0 Å². The van der Waals surface area contributed by atoms with Crippen LogP contribution in [0.5, 0.6) is 11.5 Å². The van der Waals surface area contributed by atoms with Crippen LogP contribution in [0.3, 0.4) is 0 Å². The first-order valence-electron chi connectivity index (χ1n) is 7.89. The number of para-hydroxylation sites is 1. The molecule has 0 aromatic heterocycles. The molecular weight excluding hydrogens is 356 g/mol. The molecule has 2 rings (SSSR count). The Balaban J connectivity index is 2.12. The van der Waals surface area contributed by atoms with Gasteiger partial charge in [-0.2, -0.15) is 0 Å². The van der Waals surface area contributed by atoms with Gasteiger partial charge in [-0.3, -0.25) is 9.59 Å². The van der Waals surface area contributed by atoms with E-state index in [1.807, 2.05) is 6.92 Å². The molecule has 0 aliphatic carbocycles. The molecule has 1 N–H and O–H groups in total. The van der Waals surface area contributed by atoms with Gasteiger partial charge in [0.1, 0.15) is 11.5 Å². The Labute approximate surface area is 157 Å². The Bertz CT molecular complexity index is 798. The van der Waals surface area contributed by atoms with Crippen molar-refractivity contribution in [2.24, 2.45) is 0 Å². The summed E-state index contributed by atoms with van der Waals surface area (Å²) in [6, 6.07) is 10.2. The van der Waals surface area contributed by atoms with Crippen LogP contribution < -0.4 is 14.8 Å². The van der Waals surface area contributed by atoms with Crippen LogP contribution in [0.2, 0.25) is 5.02 Å². The molecule has 0 saturated heterocycles. The molecule has 6 nitrogen and oxygen atoms in total. The Hall–Kier alpha value is -2.73. The first kappa shape index (κ1) is 19.6. The number of hydrogen-bond acceptors (Lipinski definition) is 4. The molecule has 26 heavy (non-hydrogen) atoms. The van der Waals surface area contributed by atoms with Gasteiger partial charge in [0.15, 0.2) is 0 Å². The molecule has 0 atom stereocenters. The summed E-state index contributed by atoms with van der Waals surface area (Å²) in [5.41, 5.74) is 1.67. The van der Waals surface area contributed by atoms with Crippen molar-refractivity contribution >= 4 is 29.1 Å². The summed E-state index contributed by atoms with van der Waals surface area (Å²) in [6.07, 6.45) is 0. The third-order valence-electron chi connectivity index (χ3n) is 3.87. The Morgan fingerprint density at radius 2 is 1.69 bits per heavy atom. The molecule has 0 aliphatic rings. The van der Waals surface area contributed by atoms with Crippen LogP contribution in [0.1, 0.15) is 15.9 Å². The van der Waals surface area contributed by atoms with Crippen molar-refractivity contribution < 1.29 is 19.1 Å². The van der Waals surface area contributed by atoms with Crippen molar-refractivity contribution in [3.63, 3.8) is 0 Å². The topological polar surface area (TPSA) is 67.9 Å². The minimum Gasteiger partial charge on any atom is -0.496 e. The number of ether oxygens (including phenoxy) is 2. The largest absolute Gasteiger partial charge is 0.496 e. The number of nitrogens with zero attached hydrogens (tertiary/aromatic N) is 1. The van der Waals surface area contributed by atoms with Gasteiger partial charge in [-0.05, 0) is 31.2 Å². The highest BCUT2D eigenvalue weighted by molar-refractivity contribution is 6.33. The second-order valence-corrected chi connectivity index (χ2v) is 6.10. The SMILES string of the molecule is COc1cc(C(=O)N(C)CC(=O)Nc2ccccc2Cl)cc(OC)c1C. The summed E-state index contributed by atoms with van der Waals surface area (Å²) < 4.78 is 10.6. The van der Waals surface area contributed by atoms with Gasteiger partial charge in [0, 0.05) is 18.2 Å². The van der Waals surface area contributed by atoms with Crippen molar-refractivity contribution in [2.75, 3.05) is 33.1 Å². The average molecular weight is 377 g/mol. The van der Waals surface area contributed by atoms with Gasteiger partial charge in [-0.15, -0.1) is 0 Å². The fourth-order valence-corrected chi connectivity index (χ4v) is 2.65. The predicted octanol–water partition coefficient (Wildman–Crippen LogP) is 3.38. The summed E-state index contributed by atoms with van der Waals surface area (Å²) in [5.74, 6) is 0.416. The zero-order valence-electron chi connectivity index (χ0n) is 15.1. The highest BCUT2D eigenvalue weighted by atomic mass is 35.5. The lowest BCUT2D eigenvalue weighted by molar-refractivity contribution is -0.116. The van der Waals surface area contributed by atoms with Crippen LogP contribution in [0, 0.1) is 6.92 Å². The number of amides is 2. The van der Waals surface area contributed by atoms with E-state index in [0.29, 0.717) is 27.8 Å². The van der Waals surface area contributed by atoms with Gasteiger partial charge in [-0.25, -0.2) is 0 Å². The number of rotatable bonds is 6. The van der Waals surface area contributed by atoms with E-state index in [1.165, 1.54) is 19.1 Å². The second kappa shape index (κ2) is 8.58. The quantitative estimate of drug-likeness (QED) is 0.839. The maximum atomic E-state index is 12.7. The average Bonchev–Trinajstić information content (AvgIpc) is 2.63. The summed E-state index contributed by atoms with van der Waals surface area (Å²) in [4.78, 5) is 26.2. The molecule has 2 amide bonds. The van der Waals surface area contributed by atoms with E-state index in [2.05, 4.69) is 5.32 Å². The molecule has 0 radical (unpaired) electrons. The Kier molecular flexibility index (Phi) is 6.46. The van der Waals surface area contributed by atoms with E-state index in [0.717, 1.165) is 5.56 Å². The molecule has 0 saturated carbocycles. The van der Waals surface area contributed by atoms with E-state index >= 15 is 0 Å². The maximum absolute atomic E-state index is 12.7. The van der Waals surface area contributed by atoms with E-state index in [-0.39, 0.29) is 18.4 Å². The van der Waals surface area contributed by atoms with Crippen LogP contribution in [0.4, 0.5) is 5.69 Å². The summed E-state index contributed by atoms with van der Waals surface area (Å²) in [5, 5.41) is 3.12. The zero-order chi connectivity index (χ0) is 19.3. The third kappa shape index (κ3) is 4.46. The lowest BCUT2D eigenvalue weighted by atomic mass is 10.1. The van der Waals surface area contributed by atoms with E-state index in [4.69, 9.17) is 21.1 Å². The smallest absolute Gasteiger partial charge is 0.254 e. The molecule has 2 aromatic carbocycles. The molecule has 0 heterocycles. The van der Waals surface area contributed by atoms with Gasteiger partial charge in [0.2, 0.25) is 5.91 Å². The van der Waals surface area contributed by atoms with Gasteiger partial charge < -0.3 is 19.7 Å². The molecule has 0 aliphatic heterocycles. The molecule has 0 bridgehead atoms. The second-order valence-electron chi connectivity index (χ2n) is 5.70. The van der Waals surface area contributed by atoms with Crippen molar-refractivity contribution in [3.05, 3.63) is 52.5 Å². The minimum absolute atomic E-state index is 0.122. The summed E-state index contributed by atoms with van der Waals surface area (Å²) in [6.45, 7) is 1.72. The van der Waals surface area contributed by atoms with Crippen molar-refractivity contribution in [1.82, 2.24) is 4.90 Å². The summed E-state index contributed by atoms with van der Waals surface area (Å²) >= 11 is 6.02. The number of hydrogen-bond donors (Lipinski definition) is 1. The summed E-state index contributed by atoms with van der Waals surface area (Å²) in [7, 11) is 4.60. The first-order chi connectivity index (χ1) is 12.4. The molecule has 0 fully saturated rings. The standard InChI is InChI=1S/C19H21ClN2O4/c1-12-16(25-3)9-13(10-17(12)26-4)19(24)22(2)11-18(23)21-15-8-6-5-7-14(15)20/h5-10H,11H2,1-4H3,(H,21,23). The monoisotopic (exact) mass is 376 g/mol. The Morgan fingerprint density at radius 1 is 1.12 bits per heavy atom. The number of likely N-dealkylation sites (N-methyl/N-ethyl adjacent to an activating group) is 1. The molecule has 7 heteroatoms. The highest BCUT2D eigenvalue weighted by Crippen LogP contribution is 2.30. The molecular formula is C19H21ClN2O4. The normalized spacial score (nSPS) is 10.2. The van der Waals surface area contributed by atoms with Gasteiger partial charge in [0.25, 0.3) is 5.91 Å². The maximum Gasteiger partial charge on any atom is 0.254 e. The van der Waals surface area contributed by atoms with Crippen LogP contribution in [-0.4, -0.2) is 44.5 Å². The van der Waals surface area contributed by atoms with Gasteiger partial charge >= 0.3 is 0 Å². The molecule has 2 aromatic rings. The fraction of sp³-hybridized carbons (Fsp3) is 0.263. The highest BCUT2D eigenvalue weighted by Gasteiger charge is 2.19. The van der Waals surface area contributed by atoms with Crippen LogP contribution in [-0.2, 0) is 4.79 Å². The van der Waals surface area contributed by atoms with Crippen LogP contribution in [0.15, 0.2) is 36.4 Å². The number of carbonyl (C=O) groups is 2. The van der Waals surface area contributed by atoms with E-state index in [1.54, 1.807) is 43.4 Å². The van der Waals surface area contributed by atoms with Crippen LogP contribution >= 0.6 is 11.6 Å². The number of benzene rings is 2. The number of nitrogens with one attached hydrogen (secondary N) is 1. The molecule has 0 unspecified atom stereocenters. The lowest BCUT2D eigenvalue weighted by Crippen LogP contribution is -2.35. The first-order valence-corrected chi connectivity index (χ1v) is 8.27. The van der Waals surface area contributed by atoms with Gasteiger partial charge in [0.05, 0.1) is 31.5 Å². The van der Waals surface area contributed by atoms with Crippen molar-refractivity contribution in [3.8, 4) is 11.5 Å². The number of halogens is 1. The third-order valence-corrected chi connectivity index (χ3v) is 4.20. The fourth-order valence-electron chi connectivity index (χ4n) is 2.47.